The van der Waals surface area contributed by atoms with Crippen molar-refractivity contribution in [2.24, 2.45) is 0 Å². The lowest BCUT2D eigenvalue weighted by Crippen LogP contribution is -2.08. The maximum absolute atomic E-state index is 13.0. The van der Waals surface area contributed by atoms with E-state index in [9.17, 15) is 9.18 Å². The van der Waals surface area contributed by atoms with Crippen LogP contribution >= 0.6 is 0 Å². The van der Waals surface area contributed by atoms with Gasteiger partial charge in [-0.3, -0.25) is 0 Å². The number of rotatable bonds is 11. The lowest BCUT2D eigenvalue weighted by Gasteiger charge is -2.09. The number of carboxylic acids is 1. The van der Waals surface area contributed by atoms with Crippen molar-refractivity contribution >= 4 is 11.7 Å². The first kappa shape index (κ1) is 17.5. The molecule has 0 radical (unpaired) electrons. The fourth-order valence-electron chi connectivity index (χ4n) is 2.33. The van der Waals surface area contributed by atoms with Gasteiger partial charge in [-0.2, -0.15) is 0 Å². The Bertz CT molecular complexity index is 435. The zero-order valence-corrected chi connectivity index (χ0v) is 12.8. The number of carbonyl (C=O) groups is 1. The van der Waals surface area contributed by atoms with Crippen LogP contribution in [0.1, 0.15) is 68.6 Å². The highest BCUT2D eigenvalue weighted by atomic mass is 19.1. The molecule has 1 rings (SSSR count). The molecular weight excluding hydrogens is 269 g/mol. The molecule has 4 heteroatoms. The van der Waals surface area contributed by atoms with Crippen molar-refractivity contribution in [3.05, 3.63) is 29.6 Å². The largest absolute Gasteiger partial charge is 0.478 e. The minimum absolute atomic E-state index is 0.00503. The molecule has 3 nitrogen and oxygen atoms in total. The zero-order chi connectivity index (χ0) is 15.5. The summed E-state index contributed by atoms with van der Waals surface area (Å²) in [6, 6.07) is 3.82. The van der Waals surface area contributed by atoms with Gasteiger partial charge in [0, 0.05) is 12.2 Å². The van der Waals surface area contributed by atoms with E-state index in [2.05, 4.69) is 12.2 Å². The monoisotopic (exact) mass is 295 g/mol. The predicted molar refractivity (Wildman–Crippen MR) is 84.5 cm³/mol. The topological polar surface area (TPSA) is 49.3 Å². The molecule has 0 saturated carbocycles. The van der Waals surface area contributed by atoms with E-state index in [0.29, 0.717) is 5.69 Å². The van der Waals surface area contributed by atoms with Crippen molar-refractivity contribution in [1.29, 1.82) is 0 Å². The molecule has 0 bridgehead atoms. The van der Waals surface area contributed by atoms with Crippen LogP contribution in [0.15, 0.2) is 18.2 Å². The first-order valence-corrected chi connectivity index (χ1v) is 7.92. The summed E-state index contributed by atoms with van der Waals surface area (Å²) in [4.78, 5) is 11.0. The zero-order valence-electron chi connectivity index (χ0n) is 12.8. The molecule has 0 aromatic heterocycles. The van der Waals surface area contributed by atoms with Gasteiger partial charge in [0.2, 0.25) is 0 Å². The molecule has 0 aliphatic rings. The van der Waals surface area contributed by atoms with E-state index in [0.717, 1.165) is 25.5 Å². The van der Waals surface area contributed by atoms with E-state index in [1.54, 1.807) is 0 Å². The standard InChI is InChI=1S/C17H26FNO2/c1-2-3-4-5-6-7-8-9-12-19-16-11-10-14(18)13-15(16)17(20)21/h10-11,13,19H,2-9,12H2,1H3,(H,20,21). The fourth-order valence-corrected chi connectivity index (χ4v) is 2.33. The van der Waals surface area contributed by atoms with E-state index >= 15 is 0 Å². The average molecular weight is 295 g/mol. The summed E-state index contributed by atoms with van der Waals surface area (Å²) in [5, 5.41) is 12.1. The third-order valence-electron chi connectivity index (χ3n) is 3.56. The van der Waals surface area contributed by atoms with Crippen molar-refractivity contribution < 1.29 is 14.3 Å². The van der Waals surface area contributed by atoms with Crippen molar-refractivity contribution in [3.63, 3.8) is 0 Å². The molecule has 0 heterocycles. The van der Waals surface area contributed by atoms with Crippen LogP contribution in [-0.4, -0.2) is 17.6 Å². The number of benzene rings is 1. The van der Waals surface area contributed by atoms with Gasteiger partial charge in [0.05, 0.1) is 5.56 Å². The Labute approximate surface area is 126 Å². The molecule has 1 aromatic carbocycles. The first-order valence-electron chi connectivity index (χ1n) is 7.92. The lowest BCUT2D eigenvalue weighted by atomic mass is 10.1. The van der Waals surface area contributed by atoms with Gasteiger partial charge in [-0.1, -0.05) is 51.9 Å². The summed E-state index contributed by atoms with van der Waals surface area (Å²) >= 11 is 0. The highest BCUT2D eigenvalue weighted by Gasteiger charge is 2.10. The Balaban J connectivity index is 2.20. The number of hydrogen-bond acceptors (Lipinski definition) is 2. The average Bonchev–Trinajstić information content (AvgIpc) is 2.46. The van der Waals surface area contributed by atoms with Gasteiger partial charge in [-0.15, -0.1) is 0 Å². The Morgan fingerprint density at radius 3 is 2.33 bits per heavy atom. The number of unbranched alkanes of at least 4 members (excludes halogenated alkanes) is 7. The van der Waals surface area contributed by atoms with E-state index in [1.165, 1.54) is 50.7 Å². The van der Waals surface area contributed by atoms with Gasteiger partial charge in [0.15, 0.2) is 0 Å². The number of aromatic carboxylic acids is 1. The molecule has 0 unspecified atom stereocenters. The molecular formula is C17H26FNO2. The number of nitrogens with one attached hydrogen (secondary N) is 1. The van der Waals surface area contributed by atoms with E-state index in [-0.39, 0.29) is 5.56 Å². The van der Waals surface area contributed by atoms with Crippen LogP contribution in [0.5, 0.6) is 0 Å². The first-order chi connectivity index (χ1) is 10.1. The second kappa shape index (κ2) is 10.2. The number of carboxylic acid groups (broad SMARTS) is 1. The molecule has 1 aromatic rings. The molecule has 0 aliphatic heterocycles. The van der Waals surface area contributed by atoms with Gasteiger partial charge >= 0.3 is 5.97 Å². The van der Waals surface area contributed by atoms with Crippen molar-refractivity contribution in [1.82, 2.24) is 0 Å². The minimum Gasteiger partial charge on any atom is -0.478 e. The highest BCUT2D eigenvalue weighted by molar-refractivity contribution is 5.94. The number of hydrogen-bond donors (Lipinski definition) is 2. The third kappa shape index (κ3) is 7.11. The molecule has 2 N–H and O–H groups in total. The second-order valence-electron chi connectivity index (χ2n) is 5.40. The van der Waals surface area contributed by atoms with Crippen LogP contribution in [0.2, 0.25) is 0 Å². The maximum Gasteiger partial charge on any atom is 0.337 e. The molecule has 0 aliphatic carbocycles. The molecule has 0 amide bonds. The molecule has 118 valence electrons. The quantitative estimate of drug-likeness (QED) is 0.560. The Morgan fingerprint density at radius 1 is 1.10 bits per heavy atom. The van der Waals surface area contributed by atoms with Crippen LogP contribution in [0.25, 0.3) is 0 Å². The van der Waals surface area contributed by atoms with Gasteiger partial charge in [-0.25, -0.2) is 9.18 Å². The summed E-state index contributed by atoms with van der Waals surface area (Å²) in [6.07, 6.45) is 9.87. The summed E-state index contributed by atoms with van der Waals surface area (Å²) < 4.78 is 13.0. The summed E-state index contributed by atoms with van der Waals surface area (Å²) in [6.45, 7) is 2.94. The molecule has 0 spiro atoms. The second-order valence-corrected chi connectivity index (χ2v) is 5.40. The van der Waals surface area contributed by atoms with Crippen LogP contribution < -0.4 is 5.32 Å². The van der Waals surface area contributed by atoms with Crippen LogP contribution in [-0.2, 0) is 0 Å². The Morgan fingerprint density at radius 2 is 1.71 bits per heavy atom. The summed E-state index contributed by atoms with van der Waals surface area (Å²) in [5.74, 6) is -1.63. The molecule has 21 heavy (non-hydrogen) atoms. The van der Waals surface area contributed by atoms with Crippen molar-refractivity contribution in [2.45, 2.75) is 58.3 Å². The fraction of sp³-hybridized carbons (Fsp3) is 0.588. The van der Waals surface area contributed by atoms with Gasteiger partial charge < -0.3 is 10.4 Å². The van der Waals surface area contributed by atoms with Crippen LogP contribution in [0.4, 0.5) is 10.1 Å². The highest BCUT2D eigenvalue weighted by Crippen LogP contribution is 2.17. The van der Waals surface area contributed by atoms with E-state index in [1.807, 2.05) is 0 Å². The van der Waals surface area contributed by atoms with Crippen LogP contribution in [0.3, 0.4) is 0 Å². The summed E-state index contributed by atoms with van der Waals surface area (Å²) in [5.41, 5.74) is 0.487. The Hall–Kier alpha value is -1.58. The van der Waals surface area contributed by atoms with Crippen LogP contribution in [0, 0.1) is 5.82 Å². The van der Waals surface area contributed by atoms with Gasteiger partial charge in [0.1, 0.15) is 5.82 Å². The summed E-state index contributed by atoms with van der Waals surface area (Å²) in [7, 11) is 0. The lowest BCUT2D eigenvalue weighted by molar-refractivity contribution is 0.0697. The number of halogens is 1. The normalized spacial score (nSPS) is 10.6. The maximum atomic E-state index is 13.0. The minimum atomic E-state index is -1.10. The smallest absolute Gasteiger partial charge is 0.337 e. The van der Waals surface area contributed by atoms with E-state index < -0.39 is 11.8 Å². The molecule has 0 saturated heterocycles. The molecule has 0 atom stereocenters. The van der Waals surface area contributed by atoms with Crippen molar-refractivity contribution in [3.8, 4) is 0 Å². The van der Waals surface area contributed by atoms with E-state index in [4.69, 9.17) is 5.11 Å². The van der Waals surface area contributed by atoms with Gasteiger partial charge in [-0.05, 0) is 24.6 Å². The SMILES string of the molecule is CCCCCCCCCCNc1ccc(F)cc1C(=O)O. The number of anilines is 1. The Kier molecular flexibility index (Phi) is 8.48. The third-order valence-corrected chi connectivity index (χ3v) is 3.56. The molecule has 0 fully saturated rings. The van der Waals surface area contributed by atoms with Gasteiger partial charge in [0.25, 0.3) is 0 Å². The predicted octanol–water partition coefficient (Wildman–Crippen LogP) is 5.08. The van der Waals surface area contributed by atoms with Crippen molar-refractivity contribution in [2.75, 3.05) is 11.9 Å².